The summed E-state index contributed by atoms with van der Waals surface area (Å²) in [7, 11) is 3.14. The van der Waals surface area contributed by atoms with Crippen molar-refractivity contribution in [3.05, 3.63) is 36.3 Å². The van der Waals surface area contributed by atoms with Crippen molar-refractivity contribution in [1.82, 2.24) is 14.9 Å². The third-order valence-corrected chi connectivity index (χ3v) is 4.84. The molecule has 29 heavy (non-hydrogen) atoms. The number of amides is 1. The number of anilines is 2. The van der Waals surface area contributed by atoms with Crippen LogP contribution in [0.5, 0.6) is 11.5 Å². The summed E-state index contributed by atoms with van der Waals surface area (Å²) in [6, 6.07) is 5.23. The molecule has 1 aliphatic heterocycles. The van der Waals surface area contributed by atoms with Crippen LogP contribution in [0.25, 0.3) is 10.9 Å². The van der Waals surface area contributed by atoms with Gasteiger partial charge in [0.2, 0.25) is 5.95 Å². The number of nitrogens with two attached hydrogens (primary N) is 1. The van der Waals surface area contributed by atoms with E-state index in [2.05, 4.69) is 9.97 Å². The van der Waals surface area contributed by atoms with E-state index in [1.54, 1.807) is 37.3 Å². The number of fused-ring (bicyclic) bond motifs is 1. The zero-order valence-electron chi connectivity index (χ0n) is 16.1. The van der Waals surface area contributed by atoms with E-state index in [4.69, 9.17) is 19.6 Å². The van der Waals surface area contributed by atoms with Crippen LogP contribution in [0.1, 0.15) is 10.4 Å². The van der Waals surface area contributed by atoms with Crippen LogP contribution >= 0.6 is 12.4 Å². The molecule has 4 rings (SSSR count). The molecule has 1 amide bonds. The maximum Gasteiger partial charge on any atom is 0.257 e. The van der Waals surface area contributed by atoms with Gasteiger partial charge < -0.3 is 29.4 Å². The SMILES string of the molecule is COc1cc2nc(N3CCN(C(=O)c4ccoc4)CC3)nc(N)c2cc1OC.Cl. The molecular weight excluding hydrogens is 398 g/mol. The van der Waals surface area contributed by atoms with Crippen molar-refractivity contribution in [3.63, 3.8) is 0 Å². The lowest BCUT2D eigenvalue weighted by atomic mass is 10.2. The Kier molecular flexibility index (Phi) is 5.97. The van der Waals surface area contributed by atoms with Crippen molar-refractivity contribution < 1.29 is 18.7 Å². The summed E-state index contributed by atoms with van der Waals surface area (Å²) in [5.41, 5.74) is 7.40. The number of aromatic nitrogens is 2. The summed E-state index contributed by atoms with van der Waals surface area (Å²) < 4.78 is 15.7. The van der Waals surface area contributed by atoms with Crippen LogP contribution < -0.4 is 20.1 Å². The zero-order valence-corrected chi connectivity index (χ0v) is 16.9. The molecule has 0 aliphatic carbocycles. The van der Waals surface area contributed by atoms with Crippen LogP contribution in [-0.2, 0) is 0 Å². The molecule has 0 unspecified atom stereocenters. The average molecular weight is 420 g/mol. The Morgan fingerprint density at radius 3 is 2.41 bits per heavy atom. The van der Waals surface area contributed by atoms with Gasteiger partial charge >= 0.3 is 0 Å². The highest BCUT2D eigenvalue weighted by Crippen LogP contribution is 2.34. The summed E-state index contributed by atoms with van der Waals surface area (Å²) in [6.45, 7) is 2.36. The van der Waals surface area contributed by atoms with E-state index in [-0.39, 0.29) is 18.3 Å². The Hall–Kier alpha value is -3.20. The molecule has 0 saturated carbocycles. The predicted molar refractivity (Wildman–Crippen MR) is 111 cm³/mol. The van der Waals surface area contributed by atoms with Crippen molar-refractivity contribution in [1.29, 1.82) is 0 Å². The van der Waals surface area contributed by atoms with Gasteiger partial charge in [0.15, 0.2) is 11.5 Å². The Balaban J connectivity index is 0.00000240. The van der Waals surface area contributed by atoms with Gasteiger partial charge in [0.25, 0.3) is 5.91 Å². The van der Waals surface area contributed by atoms with Gasteiger partial charge in [-0.3, -0.25) is 4.79 Å². The van der Waals surface area contributed by atoms with E-state index in [1.165, 1.54) is 12.5 Å². The zero-order chi connectivity index (χ0) is 19.7. The van der Waals surface area contributed by atoms with Gasteiger partial charge in [0, 0.05) is 37.6 Å². The molecule has 1 fully saturated rings. The second-order valence-corrected chi connectivity index (χ2v) is 6.42. The topological polar surface area (TPSA) is 107 Å². The maximum atomic E-state index is 12.4. The quantitative estimate of drug-likeness (QED) is 0.685. The first-order chi connectivity index (χ1) is 13.6. The highest BCUT2D eigenvalue weighted by molar-refractivity contribution is 5.94. The second-order valence-electron chi connectivity index (χ2n) is 6.42. The highest BCUT2D eigenvalue weighted by atomic mass is 35.5. The number of carbonyl (C=O) groups excluding carboxylic acids is 1. The summed E-state index contributed by atoms with van der Waals surface area (Å²) >= 11 is 0. The molecule has 0 atom stereocenters. The molecule has 154 valence electrons. The number of hydrogen-bond donors (Lipinski definition) is 1. The molecule has 2 aromatic heterocycles. The molecule has 0 bridgehead atoms. The van der Waals surface area contributed by atoms with Gasteiger partial charge in [-0.2, -0.15) is 4.98 Å². The van der Waals surface area contributed by atoms with Crippen molar-refractivity contribution in [2.45, 2.75) is 0 Å². The average Bonchev–Trinajstić information content (AvgIpc) is 3.27. The fourth-order valence-electron chi connectivity index (χ4n) is 3.29. The van der Waals surface area contributed by atoms with Crippen LogP contribution in [-0.4, -0.2) is 61.2 Å². The van der Waals surface area contributed by atoms with Crippen LogP contribution in [0, 0.1) is 0 Å². The molecule has 1 aromatic carbocycles. The molecular formula is C19H22ClN5O4. The Bertz CT molecular complexity index is 1000. The monoisotopic (exact) mass is 419 g/mol. The van der Waals surface area contributed by atoms with Crippen molar-refractivity contribution >= 4 is 41.0 Å². The van der Waals surface area contributed by atoms with Crippen molar-refractivity contribution in [2.75, 3.05) is 51.0 Å². The van der Waals surface area contributed by atoms with E-state index in [1.807, 2.05) is 4.90 Å². The van der Waals surface area contributed by atoms with Gasteiger partial charge in [-0.15, -0.1) is 12.4 Å². The fraction of sp³-hybridized carbons (Fsp3) is 0.316. The molecule has 3 heterocycles. The largest absolute Gasteiger partial charge is 0.493 e. The Labute approximate surface area is 173 Å². The molecule has 0 spiro atoms. The number of piperazine rings is 1. The molecule has 0 radical (unpaired) electrons. The van der Waals surface area contributed by atoms with Crippen LogP contribution in [0.15, 0.2) is 35.1 Å². The first kappa shape index (κ1) is 20.5. The first-order valence-electron chi connectivity index (χ1n) is 8.86. The molecule has 3 aromatic rings. The van der Waals surface area contributed by atoms with Crippen LogP contribution in [0.4, 0.5) is 11.8 Å². The van der Waals surface area contributed by atoms with E-state index in [9.17, 15) is 4.79 Å². The van der Waals surface area contributed by atoms with E-state index in [0.29, 0.717) is 65.9 Å². The lowest BCUT2D eigenvalue weighted by Crippen LogP contribution is -2.49. The summed E-state index contributed by atoms with van der Waals surface area (Å²) in [4.78, 5) is 25.3. The number of furan rings is 1. The van der Waals surface area contributed by atoms with E-state index >= 15 is 0 Å². The standard InChI is InChI=1S/C19H21N5O4.ClH/c1-26-15-9-13-14(10-16(15)27-2)21-19(22-17(13)20)24-6-4-23(5-7-24)18(25)12-3-8-28-11-12;/h3,8-11H,4-7H2,1-2H3,(H2,20,21,22);1H. The number of rotatable bonds is 4. The number of carbonyl (C=O) groups is 1. The summed E-state index contributed by atoms with van der Waals surface area (Å²) in [5.74, 6) is 2.02. The minimum Gasteiger partial charge on any atom is -0.493 e. The lowest BCUT2D eigenvalue weighted by Gasteiger charge is -2.34. The minimum absolute atomic E-state index is 0. The number of ether oxygens (including phenoxy) is 2. The maximum absolute atomic E-state index is 12.4. The van der Waals surface area contributed by atoms with Gasteiger partial charge in [-0.1, -0.05) is 0 Å². The second kappa shape index (κ2) is 8.44. The number of benzene rings is 1. The predicted octanol–water partition coefficient (Wildman–Crippen LogP) is 2.21. The Morgan fingerprint density at radius 2 is 1.79 bits per heavy atom. The van der Waals surface area contributed by atoms with Gasteiger partial charge in [-0.25, -0.2) is 4.98 Å². The summed E-state index contributed by atoms with van der Waals surface area (Å²) in [5, 5.41) is 0.704. The smallest absolute Gasteiger partial charge is 0.257 e. The van der Waals surface area contributed by atoms with Gasteiger partial charge in [0.05, 0.1) is 31.6 Å². The fourth-order valence-corrected chi connectivity index (χ4v) is 3.29. The van der Waals surface area contributed by atoms with Crippen molar-refractivity contribution in [2.24, 2.45) is 0 Å². The van der Waals surface area contributed by atoms with E-state index < -0.39 is 0 Å². The lowest BCUT2D eigenvalue weighted by molar-refractivity contribution is 0.0745. The summed E-state index contributed by atoms with van der Waals surface area (Å²) in [6.07, 6.45) is 2.96. The number of nitrogen functional groups attached to an aromatic ring is 1. The van der Waals surface area contributed by atoms with Crippen molar-refractivity contribution in [3.8, 4) is 11.5 Å². The Morgan fingerprint density at radius 1 is 1.10 bits per heavy atom. The number of halogens is 1. The number of nitrogens with zero attached hydrogens (tertiary/aromatic N) is 4. The number of hydrogen-bond acceptors (Lipinski definition) is 8. The molecule has 9 nitrogen and oxygen atoms in total. The third kappa shape index (κ3) is 3.86. The third-order valence-electron chi connectivity index (χ3n) is 4.84. The number of methoxy groups -OCH3 is 2. The molecule has 10 heteroatoms. The molecule has 1 saturated heterocycles. The minimum atomic E-state index is -0.0378. The van der Waals surface area contributed by atoms with E-state index in [0.717, 1.165) is 0 Å². The normalized spacial score (nSPS) is 13.9. The highest BCUT2D eigenvalue weighted by Gasteiger charge is 2.25. The van der Waals surface area contributed by atoms with Crippen LogP contribution in [0.2, 0.25) is 0 Å². The van der Waals surface area contributed by atoms with Gasteiger partial charge in [0.1, 0.15) is 12.1 Å². The first-order valence-corrected chi connectivity index (χ1v) is 8.86. The van der Waals surface area contributed by atoms with Gasteiger partial charge in [-0.05, 0) is 12.1 Å². The molecule has 1 aliphatic rings. The molecule has 2 N–H and O–H groups in total. The van der Waals surface area contributed by atoms with Crippen LogP contribution in [0.3, 0.4) is 0 Å².